The van der Waals surface area contributed by atoms with Crippen molar-refractivity contribution in [2.24, 2.45) is 5.92 Å². The molecule has 2 nitrogen and oxygen atoms in total. The minimum absolute atomic E-state index is 0.395. The largest absolute Gasteiger partial charge is 0.309 e. The maximum absolute atomic E-state index is 4.40. The van der Waals surface area contributed by atoms with Crippen LogP contribution in [0.4, 0.5) is 0 Å². The van der Waals surface area contributed by atoms with Gasteiger partial charge >= 0.3 is 0 Å². The van der Waals surface area contributed by atoms with Gasteiger partial charge in [-0.05, 0) is 24.6 Å². The molecule has 0 saturated carbocycles. The average molecular weight is 192 g/mol. The molecule has 2 atom stereocenters. The molecule has 0 fully saturated rings. The molecule has 14 heavy (non-hydrogen) atoms. The van der Waals surface area contributed by atoms with E-state index in [-0.39, 0.29) is 0 Å². The minimum Gasteiger partial charge on any atom is -0.309 e. The highest BCUT2D eigenvalue weighted by molar-refractivity contribution is 5.09. The molecular weight excluding hydrogens is 172 g/mol. The van der Waals surface area contributed by atoms with E-state index in [2.05, 4.69) is 43.2 Å². The van der Waals surface area contributed by atoms with Crippen LogP contribution in [0.2, 0.25) is 0 Å². The lowest BCUT2D eigenvalue weighted by Gasteiger charge is -2.23. The molecule has 1 heterocycles. The van der Waals surface area contributed by atoms with E-state index in [9.17, 15) is 0 Å². The third kappa shape index (κ3) is 2.81. The van der Waals surface area contributed by atoms with Crippen molar-refractivity contribution >= 4 is 0 Å². The second-order valence-corrected chi connectivity index (χ2v) is 3.68. The van der Waals surface area contributed by atoms with E-state index >= 15 is 0 Å². The van der Waals surface area contributed by atoms with Crippen molar-refractivity contribution in [3.63, 3.8) is 0 Å². The molecule has 0 aliphatic rings. The summed E-state index contributed by atoms with van der Waals surface area (Å²) in [6.07, 6.45) is 3.04. The number of hydrogen-bond donors (Lipinski definition) is 1. The SMILES string of the molecule is CCNC(c1ccccn1)C(C)CC. The zero-order valence-corrected chi connectivity index (χ0v) is 9.33. The smallest absolute Gasteiger partial charge is 0.0575 e. The molecule has 0 saturated heterocycles. The lowest BCUT2D eigenvalue weighted by molar-refractivity contribution is 0.376. The molecule has 0 aliphatic carbocycles. The third-order valence-corrected chi connectivity index (χ3v) is 2.64. The van der Waals surface area contributed by atoms with Gasteiger partial charge in [-0.2, -0.15) is 0 Å². The summed E-state index contributed by atoms with van der Waals surface area (Å²) in [4.78, 5) is 4.40. The predicted molar refractivity (Wildman–Crippen MR) is 60.1 cm³/mol. The lowest BCUT2D eigenvalue weighted by Crippen LogP contribution is -2.27. The lowest BCUT2D eigenvalue weighted by atomic mass is 9.96. The predicted octanol–water partition coefficient (Wildman–Crippen LogP) is 2.78. The Kier molecular flexibility index (Phi) is 4.60. The van der Waals surface area contributed by atoms with Gasteiger partial charge in [0.05, 0.1) is 11.7 Å². The zero-order valence-electron chi connectivity index (χ0n) is 9.33. The average Bonchev–Trinajstić information content (AvgIpc) is 2.26. The molecule has 0 aromatic carbocycles. The fourth-order valence-electron chi connectivity index (χ4n) is 1.61. The van der Waals surface area contributed by atoms with Crippen LogP contribution in [0.3, 0.4) is 0 Å². The molecule has 1 rings (SSSR count). The first kappa shape index (κ1) is 11.2. The topological polar surface area (TPSA) is 24.9 Å². The van der Waals surface area contributed by atoms with Crippen molar-refractivity contribution in [3.05, 3.63) is 30.1 Å². The van der Waals surface area contributed by atoms with Crippen LogP contribution in [0.15, 0.2) is 24.4 Å². The van der Waals surface area contributed by atoms with Gasteiger partial charge in [-0.1, -0.05) is 33.3 Å². The number of nitrogens with zero attached hydrogens (tertiary/aromatic N) is 1. The van der Waals surface area contributed by atoms with Crippen molar-refractivity contribution in [2.45, 2.75) is 33.2 Å². The molecule has 1 aromatic rings. The molecule has 2 heteroatoms. The van der Waals surface area contributed by atoms with E-state index in [1.54, 1.807) is 0 Å². The van der Waals surface area contributed by atoms with E-state index in [4.69, 9.17) is 0 Å². The van der Waals surface area contributed by atoms with Crippen molar-refractivity contribution in [3.8, 4) is 0 Å². The van der Waals surface area contributed by atoms with Gasteiger partial charge in [0.2, 0.25) is 0 Å². The monoisotopic (exact) mass is 192 g/mol. The summed E-state index contributed by atoms with van der Waals surface area (Å²) in [5.74, 6) is 0.629. The van der Waals surface area contributed by atoms with Crippen LogP contribution < -0.4 is 5.32 Å². The highest BCUT2D eigenvalue weighted by Crippen LogP contribution is 2.21. The third-order valence-electron chi connectivity index (χ3n) is 2.64. The van der Waals surface area contributed by atoms with Crippen molar-refractivity contribution in [1.82, 2.24) is 10.3 Å². The van der Waals surface area contributed by atoms with E-state index in [0.717, 1.165) is 12.2 Å². The Morgan fingerprint density at radius 2 is 2.14 bits per heavy atom. The second kappa shape index (κ2) is 5.76. The summed E-state index contributed by atoms with van der Waals surface area (Å²) in [6, 6.07) is 6.50. The summed E-state index contributed by atoms with van der Waals surface area (Å²) in [5.41, 5.74) is 1.16. The summed E-state index contributed by atoms with van der Waals surface area (Å²) < 4.78 is 0. The quantitative estimate of drug-likeness (QED) is 0.776. The summed E-state index contributed by atoms with van der Waals surface area (Å²) in [6.45, 7) is 7.61. The fourth-order valence-corrected chi connectivity index (χ4v) is 1.61. The summed E-state index contributed by atoms with van der Waals surface area (Å²) in [7, 11) is 0. The Bertz CT molecular complexity index is 246. The van der Waals surface area contributed by atoms with Gasteiger partial charge in [-0.25, -0.2) is 0 Å². The van der Waals surface area contributed by atoms with Gasteiger partial charge in [0.15, 0.2) is 0 Å². The number of nitrogens with one attached hydrogen (secondary N) is 1. The summed E-state index contributed by atoms with van der Waals surface area (Å²) >= 11 is 0. The Labute approximate surface area is 86.8 Å². The standard InChI is InChI=1S/C12H20N2/c1-4-10(3)12(13-5-2)11-8-6-7-9-14-11/h6-10,12-13H,4-5H2,1-3H3. The van der Waals surface area contributed by atoms with Crippen LogP contribution in [0.5, 0.6) is 0 Å². The van der Waals surface area contributed by atoms with Crippen molar-refractivity contribution < 1.29 is 0 Å². The van der Waals surface area contributed by atoms with Crippen LogP contribution in [0.1, 0.15) is 38.9 Å². The molecule has 0 spiro atoms. The van der Waals surface area contributed by atoms with E-state index in [1.807, 2.05) is 12.3 Å². The molecule has 0 aliphatic heterocycles. The zero-order chi connectivity index (χ0) is 10.4. The van der Waals surface area contributed by atoms with E-state index < -0.39 is 0 Å². The summed E-state index contributed by atoms with van der Waals surface area (Å²) in [5, 5.41) is 3.49. The van der Waals surface area contributed by atoms with E-state index in [1.165, 1.54) is 6.42 Å². The first-order chi connectivity index (χ1) is 6.79. The maximum Gasteiger partial charge on any atom is 0.0575 e. The van der Waals surface area contributed by atoms with Gasteiger partial charge in [0.1, 0.15) is 0 Å². The van der Waals surface area contributed by atoms with Crippen molar-refractivity contribution in [2.75, 3.05) is 6.54 Å². The molecule has 1 aromatic heterocycles. The highest BCUT2D eigenvalue weighted by atomic mass is 14.9. The van der Waals surface area contributed by atoms with Gasteiger partial charge in [-0.15, -0.1) is 0 Å². The maximum atomic E-state index is 4.40. The normalized spacial score (nSPS) is 15.1. The Balaban J connectivity index is 2.77. The van der Waals surface area contributed by atoms with Crippen LogP contribution in [0, 0.1) is 5.92 Å². The van der Waals surface area contributed by atoms with Crippen LogP contribution in [0.25, 0.3) is 0 Å². The van der Waals surface area contributed by atoms with Crippen LogP contribution >= 0.6 is 0 Å². The Hall–Kier alpha value is -0.890. The first-order valence-electron chi connectivity index (χ1n) is 5.43. The Morgan fingerprint density at radius 3 is 2.64 bits per heavy atom. The van der Waals surface area contributed by atoms with Gasteiger partial charge < -0.3 is 5.32 Å². The van der Waals surface area contributed by atoms with Gasteiger partial charge in [0.25, 0.3) is 0 Å². The van der Waals surface area contributed by atoms with Gasteiger partial charge in [0, 0.05) is 6.20 Å². The molecule has 0 bridgehead atoms. The first-order valence-corrected chi connectivity index (χ1v) is 5.43. The number of rotatable bonds is 5. The van der Waals surface area contributed by atoms with E-state index in [0.29, 0.717) is 12.0 Å². The van der Waals surface area contributed by atoms with Gasteiger partial charge in [-0.3, -0.25) is 4.98 Å². The van der Waals surface area contributed by atoms with Crippen LogP contribution in [-0.2, 0) is 0 Å². The molecular formula is C12H20N2. The van der Waals surface area contributed by atoms with Crippen molar-refractivity contribution in [1.29, 1.82) is 0 Å². The minimum atomic E-state index is 0.395. The Morgan fingerprint density at radius 1 is 1.36 bits per heavy atom. The molecule has 1 N–H and O–H groups in total. The molecule has 2 unspecified atom stereocenters. The number of pyridine rings is 1. The molecule has 0 radical (unpaired) electrons. The fraction of sp³-hybridized carbons (Fsp3) is 0.583. The molecule has 78 valence electrons. The van der Waals surface area contributed by atoms with Crippen LogP contribution in [-0.4, -0.2) is 11.5 Å². The number of hydrogen-bond acceptors (Lipinski definition) is 2. The molecule has 0 amide bonds. The highest BCUT2D eigenvalue weighted by Gasteiger charge is 2.17. The second-order valence-electron chi connectivity index (χ2n) is 3.68. The number of aromatic nitrogens is 1.